The molecular formula is C11H24N2. The summed E-state index contributed by atoms with van der Waals surface area (Å²) in [4.78, 5) is 2.43. The second-order valence-corrected chi connectivity index (χ2v) is 5.66. The van der Waals surface area contributed by atoms with Gasteiger partial charge in [0.05, 0.1) is 0 Å². The maximum Gasteiger partial charge on any atom is 0.0210 e. The molecule has 0 aromatic rings. The first-order valence-electron chi connectivity index (χ1n) is 5.32. The summed E-state index contributed by atoms with van der Waals surface area (Å²) in [5.74, 6) is 0. The second kappa shape index (κ2) is 3.97. The minimum absolute atomic E-state index is 0.407. The van der Waals surface area contributed by atoms with Crippen LogP contribution < -0.4 is 5.32 Å². The summed E-state index contributed by atoms with van der Waals surface area (Å²) >= 11 is 0. The lowest BCUT2D eigenvalue weighted by Gasteiger charge is -2.22. The van der Waals surface area contributed by atoms with Gasteiger partial charge in [0.2, 0.25) is 0 Å². The SMILES string of the molecule is CC1CC(NCC(C)(C)C)CN1C. The molecule has 1 aliphatic rings. The summed E-state index contributed by atoms with van der Waals surface area (Å²) in [6.45, 7) is 11.5. The fourth-order valence-corrected chi connectivity index (χ4v) is 1.79. The fraction of sp³-hybridized carbons (Fsp3) is 1.00. The molecule has 0 aromatic carbocycles. The predicted octanol–water partition coefficient (Wildman–Crippen LogP) is 1.71. The highest BCUT2D eigenvalue weighted by Gasteiger charge is 2.26. The maximum absolute atomic E-state index is 3.64. The van der Waals surface area contributed by atoms with Crippen molar-refractivity contribution in [2.45, 2.75) is 46.2 Å². The standard InChI is InChI=1S/C11H24N2/c1-9-6-10(7-13(9)5)12-8-11(2,3)4/h9-10,12H,6-8H2,1-5H3. The van der Waals surface area contributed by atoms with Gasteiger partial charge >= 0.3 is 0 Å². The van der Waals surface area contributed by atoms with Gasteiger partial charge in [-0.15, -0.1) is 0 Å². The summed E-state index contributed by atoms with van der Waals surface area (Å²) in [5.41, 5.74) is 0.407. The first-order chi connectivity index (χ1) is 5.88. The van der Waals surface area contributed by atoms with Gasteiger partial charge in [0.25, 0.3) is 0 Å². The molecule has 1 rings (SSSR count). The molecule has 1 heterocycles. The van der Waals surface area contributed by atoms with Gasteiger partial charge in [-0.1, -0.05) is 20.8 Å². The normalized spacial score (nSPS) is 31.2. The number of likely N-dealkylation sites (N-methyl/N-ethyl adjacent to an activating group) is 1. The molecular weight excluding hydrogens is 160 g/mol. The maximum atomic E-state index is 3.64. The van der Waals surface area contributed by atoms with Crippen LogP contribution >= 0.6 is 0 Å². The molecule has 0 amide bonds. The Kier molecular flexibility index (Phi) is 3.36. The van der Waals surface area contributed by atoms with Crippen molar-refractivity contribution < 1.29 is 0 Å². The summed E-state index contributed by atoms with van der Waals surface area (Å²) in [6, 6.07) is 1.46. The third-order valence-electron chi connectivity index (χ3n) is 2.81. The van der Waals surface area contributed by atoms with E-state index in [1.54, 1.807) is 0 Å². The molecule has 0 saturated carbocycles. The molecule has 1 fully saturated rings. The minimum atomic E-state index is 0.407. The first kappa shape index (κ1) is 11.0. The third-order valence-corrected chi connectivity index (χ3v) is 2.81. The zero-order valence-electron chi connectivity index (χ0n) is 9.72. The van der Waals surface area contributed by atoms with E-state index in [4.69, 9.17) is 0 Å². The molecule has 2 atom stereocenters. The quantitative estimate of drug-likeness (QED) is 0.703. The van der Waals surface area contributed by atoms with Gasteiger partial charge in [-0.05, 0) is 25.8 Å². The molecule has 2 nitrogen and oxygen atoms in total. The Balaban J connectivity index is 2.25. The average Bonchev–Trinajstić information content (AvgIpc) is 2.27. The molecule has 13 heavy (non-hydrogen) atoms. The van der Waals surface area contributed by atoms with E-state index in [1.165, 1.54) is 13.0 Å². The van der Waals surface area contributed by atoms with Crippen LogP contribution in [0.4, 0.5) is 0 Å². The fourth-order valence-electron chi connectivity index (χ4n) is 1.79. The van der Waals surface area contributed by atoms with Crippen LogP contribution in [0.5, 0.6) is 0 Å². The van der Waals surface area contributed by atoms with Gasteiger partial charge < -0.3 is 10.2 Å². The van der Waals surface area contributed by atoms with Crippen LogP contribution in [0.3, 0.4) is 0 Å². The van der Waals surface area contributed by atoms with Crippen LogP contribution in [-0.2, 0) is 0 Å². The molecule has 78 valence electrons. The monoisotopic (exact) mass is 184 g/mol. The van der Waals surface area contributed by atoms with E-state index in [9.17, 15) is 0 Å². The molecule has 1 saturated heterocycles. The minimum Gasteiger partial charge on any atom is -0.312 e. The zero-order chi connectivity index (χ0) is 10.1. The summed E-state index contributed by atoms with van der Waals surface area (Å²) in [5, 5.41) is 3.64. The molecule has 0 spiro atoms. The smallest absolute Gasteiger partial charge is 0.0210 e. The number of rotatable bonds is 2. The molecule has 1 aliphatic heterocycles. The predicted molar refractivity (Wildman–Crippen MR) is 58.0 cm³/mol. The first-order valence-corrected chi connectivity index (χ1v) is 5.32. The van der Waals surface area contributed by atoms with Crippen molar-refractivity contribution in [3.05, 3.63) is 0 Å². The number of hydrogen-bond donors (Lipinski definition) is 1. The third kappa shape index (κ3) is 3.65. The van der Waals surface area contributed by atoms with E-state index >= 15 is 0 Å². The Morgan fingerprint density at radius 2 is 2.00 bits per heavy atom. The highest BCUT2D eigenvalue weighted by molar-refractivity contribution is 4.85. The van der Waals surface area contributed by atoms with Crippen LogP contribution in [0, 0.1) is 5.41 Å². The summed E-state index contributed by atoms with van der Waals surface area (Å²) in [7, 11) is 2.21. The molecule has 2 heteroatoms. The number of hydrogen-bond acceptors (Lipinski definition) is 2. The van der Waals surface area contributed by atoms with E-state index in [0.717, 1.165) is 12.6 Å². The van der Waals surface area contributed by atoms with E-state index in [-0.39, 0.29) is 0 Å². The Bertz CT molecular complexity index is 150. The van der Waals surface area contributed by atoms with Crippen LogP contribution in [0.15, 0.2) is 0 Å². The van der Waals surface area contributed by atoms with Gasteiger partial charge in [0.1, 0.15) is 0 Å². The zero-order valence-corrected chi connectivity index (χ0v) is 9.72. The molecule has 0 aromatic heterocycles. The Hall–Kier alpha value is -0.0800. The van der Waals surface area contributed by atoms with E-state index in [1.807, 2.05) is 0 Å². The second-order valence-electron chi connectivity index (χ2n) is 5.66. The van der Waals surface area contributed by atoms with Gasteiger partial charge in [-0.2, -0.15) is 0 Å². The average molecular weight is 184 g/mol. The lowest BCUT2D eigenvalue weighted by molar-refractivity contribution is 0.319. The highest BCUT2D eigenvalue weighted by Crippen LogP contribution is 2.17. The van der Waals surface area contributed by atoms with Crippen LogP contribution in [0.25, 0.3) is 0 Å². The van der Waals surface area contributed by atoms with Crippen molar-refractivity contribution in [3.8, 4) is 0 Å². The van der Waals surface area contributed by atoms with Gasteiger partial charge in [-0.3, -0.25) is 0 Å². The van der Waals surface area contributed by atoms with Crippen molar-refractivity contribution in [3.63, 3.8) is 0 Å². The van der Waals surface area contributed by atoms with Gasteiger partial charge in [-0.25, -0.2) is 0 Å². The van der Waals surface area contributed by atoms with Crippen molar-refractivity contribution in [1.29, 1.82) is 0 Å². The topological polar surface area (TPSA) is 15.3 Å². The number of nitrogens with one attached hydrogen (secondary N) is 1. The Labute approximate surface area is 82.7 Å². The molecule has 0 aliphatic carbocycles. The van der Waals surface area contributed by atoms with Crippen LogP contribution in [0.1, 0.15) is 34.1 Å². The Morgan fingerprint density at radius 1 is 1.38 bits per heavy atom. The number of nitrogens with zero attached hydrogens (tertiary/aromatic N) is 1. The number of likely N-dealkylation sites (tertiary alicyclic amines) is 1. The molecule has 2 unspecified atom stereocenters. The van der Waals surface area contributed by atoms with Gasteiger partial charge in [0.15, 0.2) is 0 Å². The van der Waals surface area contributed by atoms with E-state index < -0.39 is 0 Å². The van der Waals surface area contributed by atoms with Crippen LogP contribution in [0.2, 0.25) is 0 Å². The molecule has 1 N–H and O–H groups in total. The van der Waals surface area contributed by atoms with E-state index in [0.29, 0.717) is 11.5 Å². The summed E-state index contributed by atoms with van der Waals surface area (Å²) < 4.78 is 0. The van der Waals surface area contributed by atoms with E-state index in [2.05, 4.69) is 45.0 Å². The van der Waals surface area contributed by atoms with Gasteiger partial charge in [0, 0.05) is 25.2 Å². The highest BCUT2D eigenvalue weighted by atomic mass is 15.2. The molecule has 0 radical (unpaired) electrons. The van der Waals surface area contributed by atoms with Crippen molar-refractivity contribution in [1.82, 2.24) is 10.2 Å². The summed E-state index contributed by atoms with van der Waals surface area (Å²) in [6.07, 6.45) is 1.30. The lowest BCUT2D eigenvalue weighted by atomic mass is 9.96. The van der Waals surface area contributed by atoms with Crippen LogP contribution in [-0.4, -0.2) is 37.1 Å². The van der Waals surface area contributed by atoms with Crippen molar-refractivity contribution in [2.75, 3.05) is 20.1 Å². The molecule has 0 bridgehead atoms. The Morgan fingerprint density at radius 3 is 2.38 bits per heavy atom. The van der Waals surface area contributed by atoms with Crippen molar-refractivity contribution >= 4 is 0 Å². The lowest BCUT2D eigenvalue weighted by Crippen LogP contribution is -2.37. The van der Waals surface area contributed by atoms with Crippen molar-refractivity contribution in [2.24, 2.45) is 5.41 Å². The largest absolute Gasteiger partial charge is 0.312 e.